The third-order valence-corrected chi connectivity index (χ3v) is 7.26. The average Bonchev–Trinajstić information content (AvgIpc) is 3.33. The van der Waals surface area contributed by atoms with Crippen molar-refractivity contribution in [1.29, 1.82) is 0 Å². The summed E-state index contributed by atoms with van der Waals surface area (Å²) in [5.41, 5.74) is 3.36. The van der Waals surface area contributed by atoms with Crippen molar-refractivity contribution in [1.82, 2.24) is 20.5 Å². The quantitative estimate of drug-likeness (QED) is 0.181. The van der Waals surface area contributed by atoms with E-state index in [1.807, 2.05) is 89.5 Å². The van der Waals surface area contributed by atoms with E-state index in [1.54, 1.807) is 24.3 Å². The molecule has 1 heterocycles. The van der Waals surface area contributed by atoms with Gasteiger partial charge in [-0.15, -0.1) is 0 Å². The van der Waals surface area contributed by atoms with Crippen molar-refractivity contribution in [3.05, 3.63) is 120 Å². The number of rotatable bonds is 12. The molecule has 0 saturated carbocycles. The Labute approximate surface area is 248 Å². The Morgan fingerprint density at radius 1 is 0.605 bits per heavy atom. The number of carboxylic acids is 1. The maximum absolute atomic E-state index is 13.3. The van der Waals surface area contributed by atoms with E-state index in [1.165, 1.54) is 0 Å². The molecule has 0 radical (unpaired) electrons. The fourth-order valence-corrected chi connectivity index (χ4v) is 5.18. The lowest BCUT2D eigenvalue weighted by Gasteiger charge is -2.22. The van der Waals surface area contributed by atoms with Crippen LogP contribution in [0.15, 0.2) is 109 Å². The normalized spacial score (nSPS) is 12.4. The third kappa shape index (κ3) is 7.26. The van der Waals surface area contributed by atoms with Crippen LogP contribution in [0.25, 0.3) is 21.8 Å². The van der Waals surface area contributed by atoms with Crippen LogP contribution in [0.1, 0.15) is 11.1 Å². The van der Waals surface area contributed by atoms with E-state index in [9.17, 15) is 24.3 Å². The lowest BCUT2D eigenvalue weighted by atomic mass is 10.0. The van der Waals surface area contributed by atoms with Crippen LogP contribution in [-0.2, 0) is 38.6 Å². The topological polar surface area (TPSA) is 130 Å². The molecular formula is C34H32N4O5. The summed E-state index contributed by atoms with van der Waals surface area (Å²) in [6, 6.07) is 31.5. The molecule has 0 aliphatic carbocycles. The maximum atomic E-state index is 13.3. The van der Waals surface area contributed by atoms with Gasteiger partial charge in [0, 0.05) is 34.6 Å². The van der Waals surface area contributed by atoms with Crippen LogP contribution >= 0.6 is 0 Å². The molecule has 0 bridgehead atoms. The van der Waals surface area contributed by atoms with Gasteiger partial charge in [0.25, 0.3) is 0 Å². The van der Waals surface area contributed by atoms with E-state index in [0.29, 0.717) is 0 Å². The number of benzene rings is 4. The molecule has 9 heteroatoms. The zero-order valence-corrected chi connectivity index (χ0v) is 23.4. The minimum Gasteiger partial charge on any atom is -0.480 e. The smallest absolute Gasteiger partial charge is 0.326 e. The first-order valence-corrected chi connectivity index (χ1v) is 14.0. The number of para-hydroxylation sites is 2. The second-order valence-corrected chi connectivity index (χ2v) is 10.3. The number of hydrogen-bond acceptors (Lipinski definition) is 4. The van der Waals surface area contributed by atoms with Gasteiger partial charge in [0.2, 0.25) is 17.7 Å². The molecule has 0 unspecified atom stereocenters. The van der Waals surface area contributed by atoms with Gasteiger partial charge >= 0.3 is 5.97 Å². The SMILES string of the molecule is O=C(Cn1c2ccccc2c2ccccc21)NCC(=O)N[C@@H](Cc1ccccc1)C(=O)N[C@@H](Cc1ccccc1)C(=O)O. The number of nitrogens with zero attached hydrogens (tertiary/aromatic N) is 1. The molecule has 0 aliphatic rings. The molecule has 5 rings (SSSR count). The number of hydrogen-bond donors (Lipinski definition) is 4. The number of aromatic nitrogens is 1. The van der Waals surface area contributed by atoms with E-state index >= 15 is 0 Å². The Morgan fingerprint density at radius 2 is 1.09 bits per heavy atom. The first-order chi connectivity index (χ1) is 20.9. The van der Waals surface area contributed by atoms with Crippen LogP contribution in [0.4, 0.5) is 0 Å². The monoisotopic (exact) mass is 576 g/mol. The van der Waals surface area contributed by atoms with Crippen molar-refractivity contribution in [2.45, 2.75) is 31.5 Å². The zero-order valence-electron chi connectivity index (χ0n) is 23.4. The van der Waals surface area contributed by atoms with Crippen LogP contribution in [0.2, 0.25) is 0 Å². The Balaban J connectivity index is 1.25. The summed E-state index contributed by atoms with van der Waals surface area (Å²) in [6.45, 7) is -0.337. The van der Waals surface area contributed by atoms with E-state index in [0.717, 1.165) is 32.9 Å². The van der Waals surface area contributed by atoms with E-state index < -0.39 is 29.9 Å². The fraction of sp³-hybridized carbons (Fsp3) is 0.176. The highest BCUT2D eigenvalue weighted by Crippen LogP contribution is 2.28. The van der Waals surface area contributed by atoms with Crippen LogP contribution in [-0.4, -0.2) is 52.0 Å². The van der Waals surface area contributed by atoms with Crippen molar-refractivity contribution in [3.63, 3.8) is 0 Å². The van der Waals surface area contributed by atoms with Crippen molar-refractivity contribution >= 4 is 45.5 Å². The summed E-state index contributed by atoms with van der Waals surface area (Å²) in [7, 11) is 0. The highest BCUT2D eigenvalue weighted by molar-refractivity contribution is 6.08. The summed E-state index contributed by atoms with van der Waals surface area (Å²) in [5, 5.41) is 19.7. The van der Waals surface area contributed by atoms with Gasteiger partial charge in [-0.3, -0.25) is 14.4 Å². The largest absolute Gasteiger partial charge is 0.480 e. The van der Waals surface area contributed by atoms with Gasteiger partial charge in [0.15, 0.2) is 0 Å². The van der Waals surface area contributed by atoms with Gasteiger partial charge in [-0.1, -0.05) is 97.1 Å². The van der Waals surface area contributed by atoms with E-state index in [2.05, 4.69) is 16.0 Å². The summed E-state index contributed by atoms with van der Waals surface area (Å²) in [4.78, 5) is 51.2. The van der Waals surface area contributed by atoms with Crippen LogP contribution < -0.4 is 16.0 Å². The summed E-state index contributed by atoms with van der Waals surface area (Å²) < 4.78 is 1.91. The minimum atomic E-state index is -1.18. The van der Waals surface area contributed by atoms with Gasteiger partial charge in [0.05, 0.1) is 6.54 Å². The Kier molecular flexibility index (Phi) is 9.11. The number of amides is 3. The average molecular weight is 577 g/mol. The van der Waals surface area contributed by atoms with Crippen molar-refractivity contribution in [2.75, 3.05) is 6.54 Å². The first kappa shape index (κ1) is 29.1. The Morgan fingerprint density at radius 3 is 1.63 bits per heavy atom. The fourth-order valence-electron chi connectivity index (χ4n) is 5.18. The third-order valence-electron chi connectivity index (χ3n) is 7.26. The molecule has 2 atom stereocenters. The van der Waals surface area contributed by atoms with Crippen LogP contribution in [0.3, 0.4) is 0 Å². The number of nitrogens with one attached hydrogen (secondary N) is 3. The number of carbonyl (C=O) groups is 4. The molecule has 4 N–H and O–H groups in total. The Hall–Kier alpha value is -5.44. The van der Waals surface area contributed by atoms with Crippen molar-refractivity contribution in [2.24, 2.45) is 0 Å². The lowest BCUT2D eigenvalue weighted by molar-refractivity contribution is -0.142. The van der Waals surface area contributed by atoms with Gasteiger partial charge in [-0.2, -0.15) is 0 Å². The zero-order chi connectivity index (χ0) is 30.2. The minimum absolute atomic E-state index is 0.00894. The number of carboxylic acid groups (broad SMARTS) is 1. The Bertz CT molecular complexity index is 1700. The van der Waals surface area contributed by atoms with Gasteiger partial charge in [0.1, 0.15) is 18.6 Å². The van der Waals surface area contributed by atoms with Crippen molar-refractivity contribution in [3.8, 4) is 0 Å². The van der Waals surface area contributed by atoms with Crippen molar-refractivity contribution < 1.29 is 24.3 Å². The molecule has 5 aromatic rings. The van der Waals surface area contributed by atoms with E-state index in [-0.39, 0.29) is 31.8 Å². The molecule has 218 valence electrons. The van der Waals surface area contributed by atoms with Gasteiger partial charge in [-0.05, 0) is 23.3 Å². The molecule has 9 nitrogen and oxygen atoms in total. The molecule has 0 saturated heterocycles. The highest BCUT2D eigenvalue weighted by Gasteiger charge is 2.27. The summed E-state index contributed by atoms with van der Waals surface area (Å²) in [6.07, 6.45) is 0.234. The lowest BCUT2D eigenvalue weighted by Crippen LogP contribution is -2.54. The maximum Gasteiger partial charge on any atom is 0.326 e. The van der Waals surface area contributed by atoms with Crippen LogP contribution in [0, 0.1) is 0 Å². The second-order valence-electron chi connectivity index (χ2n) is 10.3. The molecule has 0 aliphatic heterocycles. The molecule has 0 spiro atoms. The van der Waals surface area contributed by atoms with E-state index in [4.69, 9.17) is 0 Å². The number of aliphatic carboxylic acids is 1. The predicted octanol–water partition coefficient (Wildman–Crippen LogP) is 3.45. The highest BCUT2D eigenvalue weighted by atomic mass is 16.4. The summed E-state index contributed by atoms with van der Waals surface area (Å²) >= 11 is 0. The molecule has 43 heavy (non-hydrogen) atoms. The number of carbonyl (C=O) groups excluding carboxylic acids is 3. The molecular weight excluding hydrogens is 544 g/mol. The van der Waals surface area contributed by atoms with Crippen LogP contribution in [0.5, 0.6) is 0 Å². The molecule has 0 fully saturated rings. The first-order valence-electron chi connectivity index (χ1n) is 14.0. The van der Waals surface area contributed by atoms with Gasteiger partial charge in [-0.25, -0.2) is 4.79 Å². The van der Waals surface area contributed by atoms with Gasteiger partial charge < -0.3 is 25.6 Å². The second kappa shape index (κ2) is 13.5. The molecule has 1 aromatic heterocycles. The number of fused-ring (bicyclic) bond motifs is 3. The molecule has 4 aromatic carbocycles. The predicted molar refractivity (Wildman–Crippen MR) is 164 cm³/mol. The standard InChI is InChI=1S/C34H32N4O5/c39-31(21-35-32(40)22-38-29-17-9-7-15-25(29)26-16-8-10-18-30(26)38)36-27(19-23-11-3-1-4-12-23)33(41)37-28(34(42)43)20-24-13-5-2-6-14-24/h1-18,27-28H,19-22H2,(H,35,40)(H,36,39)(H,37,41)(H,42,43)/t27-,28-/m0/s1. The molecule has 3 amide bonds. The summed E-state index contributed by atoms with van der Waals surface area (Å²) in [5.74, 6) is -2.74.